The van der Waals surface area contributed by atoms with Crippen molar-refractivity contribution in [1.82, 2.24) is 9.88 Å². The van der Waals surface area contributed by atoms with E-state index in [1.54, 1.807) is 23.0 Å². The molecule has 1 aromatic rings. The summed E-state index contributed by atoms with van der Waals surface area (Å²) in [7, 11) is 0. The van der Waals surface area contributed by atoms with Gasteiger partial charge >= 0.3 is 0 Å². The van der Waals surface area contributed by atoms with Crippen molar-refractivity contribution in [3.8, 4) is 0 Å². The predicted octanol–water partition coefficient (Wildman–Crippen LogP) is 2.63. The average molecular weight is 264 g/mol. The molecular weight excluding hydrogens is 240 g/mol. The fourth-order valence-electron chi connectivity index (χ4n) is 1.95. The van der Waals surface area contributed by atoms with Gasteiger partial charge in [-0.2, -0.15) is 0 Å². The van der Waals surface area contributed by atoms with Gasteiger partial charge in [-0.1, -0.05) is 27.7 Å². The van der Waals surface area contributed by atoms with E-state index in [0.717, 1.165) is 12.8 Å². The molecule has 19 heavy (non-hydrogen) atoms. The minimum absolute atomic E-state index is 0.00662. The smallest absolute Gasteiger partial charge is 0.240 e. The van der Waals surface area contributed by atoms with E-state index >= 15 is 0 Å². The molecule has 0 saturated heterocycles. The van der Waals surface area contributed by atoms with E-state index in [0.29, 0.717) is 5.56 Å². The van der Waals surface area contributed by atoms with Crippen LogP contribution in [0.5, 0.6) is 0 Å². The van der Waals surface area contributed by atoms with E-state index in [4.69, 9.17) is 0 Å². The molecule has 0 radical (unpaired) electrons. The number of carbonyl (C=O) groups excluding carboxylic acids is 2. The molecule has 0 aliphatic heterocycles. The Morgan fingerprint density at radius 2 is 1.89 bits per heavy atom. The highest BCUT2D eigenvalue weighted by atomic mass is 16.2. The van der Waals surface area contributed by atoms with Crippen molar-refractivity contribution in [2.45, 2.75) is 53.1 Å². The molecule has 1 amide bonds. The molecule has 4 nitrogen and oxygen atoms in total. The first-order valence-corrected chi connectivity index (χ1v) is 6.97. The zero-order valence-corrected chi connectivity index (χ0v) is 12.3. The SMILES string of the molecule is CCC(CC)NC(=O)Cn1ccc(C(=O)C(C)C)c1. The number of carbonyl (C=O) groups is 2. The molecule has 1 N–H and O–H groups in total. The topological polar surface area (TPSA) is 51.1 Å². The van der Waals surface area contributed by atoms with Gasteiger partial charge in [-0.15, -0.1) is 0 Å². The Hall–Kier alpha value is -1.58. The largest absolute Gasteiger partial charge is 0.352 e. The van der Waals surface area contributed by atoms with Crippen LogP contribution in [0.25, 0.3) is 0 Å². The minimum atomic E-state index is -0.0192. The summed E-state index contributed by atoms with van der Waals surface area (Å²) in [5.41, 5.74) is 0.672. The van der Waals surface area contributed by atoms with Crippen LogP contribution in [0.3, 0.4) is 0 Å². The standard InChI is InChI=1S/C15H24N2O2/c1-5-13(6-2)16-14(18)10-17-8-7-12(9-17)15(19)11(3)4/h7-9,11,13H,5-6,10H2,1-4H3,(H,16,18). The Kier molecular flexibility index (Phi) is 5.80. The number of hydrogen-bond donors (Lipinski definition) is 1. The first-order valence-electron chi connectivity index (χ1n) is 6.97. The molecule has 4 heteroatoms. The van der Waals surface area contributed by atoms with Crippen LogP contribution in [-0.4, -0.2) is 22.3 Å². The lowest BCUT2D eigenvalue weighted by atomic mass is 10.0. The van der Waals surface area contributed by atoms with Crippen LogP contribution in [0.4, 0.5) is 0 Å². The van der Waals surface area contributed by atoms with Gasteiger partial charge in [0.15, 0.2) is 5.78 Å². The molecule has 1 aromatic heterocycles. The number of Topliss-reactive ketones (excluding diaryl/α,β-unsaturated/α-hetero) is 1. The van der Waals surface area contributed by atoms with Crippen molar-refractivity contribution in [2.75, 3.05) is 0 Å². The summed E-state index contributed by atoms with van der Waals surface area (Å²) >= 11 is 0. The second-order valence-corrected chi connectivity index (χ2v) is 5.17. The number of ketones is 1. The van der Waals surface area contributed by atoms with Gasteiger partial charge < -0.3 is 9.88 Å². The number of aromatic nitrogens is 1. The molecule has 106 valence electrons. The lowest BCUT2D eigenvalue weighted by molar-refractivity contribution is -0.122. The molecule has 0 saturated carbocycles. The normalized spacial score (nSPS) is 11.1. The Labute approximate surface area is 115 Å². The maximum absolute atomic E-state index is 11.8. The number of nitrogens with one attached hydrogen (secondary N) is 1. The zero-order valence-electron chi connectivity index (χ0n) is 12.3. The van der Waals surface area contributed by atoms with Gasteiger partial charge in [-0.25, -0.2) is 0 Å². The Bertz CT molecular complexity index is 431. The van der Waals surface area contributed by atoms with Crippen molar-refractivity contribution >= 4 is 11.7 Å². The molecule has 0 fully saturated rings. The zero-order chi connectivity index (χ0) is 14.4. The summed E-state index contributed by atoms with van der Waals surface area (Å²) < 4.78 is 1.76. The number of hydrogen-bond acceptors (Lipinski definition) is 2. The number of rotatable bonds is 7. The molecule has 1 heterocycles. The third-order valence-corrected chi connectivity index (χ3v) is 3.24. The summed E-state index contributed by atoms with van der Waals surface area (Å²) in [4.78, 5) is 23.6. The van der Waals surface area contributed by atoms with E-state index in [-0.39, 0.29) is 30.2 Å². The molecule has 0 atom stereocenters. The van der Waals surface area contributed by atoms with E-state index in [1.165, 1.54) is 0 Å². The molecular formula is C15H24N2O2. The fourth-order valence-corrected chi connectivity index (χ4v) is 1.95. The maximum Gasteiger partial charge on any atom is 0.240 e. The summed E-state index contributed by atoms with van der Waals surface area (Å²) in [6.45, 7) is 8.13. The number of nitrogens with zero attached hydrogens (tertiary/aromatic N) is 1. The highest BCUT2D eigenvalue weighted by Crippen LogP contribution is 2.09. The third-order valence-electron chi connectivity index (χ3n) is 3.24. The van der Waals surface area contributed by atoms with Crippen molar-refractivity contribution < 1.29 is 9.59 Å². The van der Waals surface area contributed by atoms with Crippen LogP contribution in [0.15, 0.2) is 18.5 Å². The minimum Gasteiger partial charge on any atom is -0.352 e. The third kappa shape index (κ3) is 4.54. The lowest BCUT2D eigenvalue weighted by Crippen LogP contribution is -2.36. The fraction of sp³-hybridized carbons (Fsp3) is 0.600. The second-order valence-electron chi connectivity index (χ2n) is 5.17. The maximum atomic E-state index is 11.8. The van der Waals surface area contributed by atoms with E-state index in [1.807, 2.05) is 13.8 Å². The summed E-state index contributed by atoms with van der Waals surface area (Å²) in [6, 6.07) is 2.01. The van der Waals surface area contributed by atoms with Crippen LogP contribution < -0.4 is 5.32 Å². The second kappa shape index (κ2) is 7.12. The molecule has 0 bridgehead atoms. The molecule has 0 aromatic carbocycles. The Balaban J connectivity index is 2.58. The summed E-state index contributed by atoms with van der Waals surface area (Å²) in [5.74, 6) is 0.0845. The van der Waals surface area contributed by atoms with Crippen LogP contribution >= 0.6 is 0 Å². The summed E-state index contributed by atoms with van der Waals surface area (Å²) in [5, 5.41) is 2.98. The molecule has 0 aliphatic rings. The van der Waals surface area contributed by atoms with Gasteiger partial charge in [0.1, 0.15) is 6.54 Å². The highest BCUT2D eigenvalue weighted by molar-refractivity contribution is 5.97. The highest BCUT2D eigenvalue weighted by Gasteiger charge is 2.13. The van der Waals surface area contributed by atoms with Gasteiger partial charge in [0, 0.05) is 29.9 Å². The van der Waals surface area contributed by atoms with Crippen molar-refractivity contribution in [2.24, 2.45) is 5.92 Å². The first-order chi connectivity index (χ1) is 8.97. The van der Waals surface area contributed by atoms with Crippen LogP contribution in [-0.2, 0) is 11.3 Å². The lowest BCUT2D eigenvalue weighted by Gasteiger charge is -2.14. The van der Waals surface area contributed by atoms with Gasteiger partial charge in [0.2, 0.25) is 5.91 Å². The first kappa shape index (κ1) is 15.5. The molecule has 1 rings (SSSR count). The quantitative estimate of drug-likeness (QED) is 0.770. The average Bonchev–Trinajstić information content (AvgIpc) is 2.83. The Morgan fingerprint density at radius 3 is 2.42 bits per heavy atom. The van der Waals surface area contributed by atoms with Crippen LogP contribution in [0, 0.1) is 5.92 Å². The number of amides is 1. The van der Waals surface area contributed by atoms with Gasteiger partial charge in [-0.3, -0.25) is 9.59 Å². The Morgan fingerprint density at radius 1 is 1.26 bits per heavy atom. The predicted molar refractivity (Wildman–Crippen MR) is 76.1 cm³/mol. The van der Waals surface area contributed by atoms with Crippen molar-refractivity contribution in [3.63, 3.8) is 0 Å². The van der Waals surface area contributed by atoms with E-state index in [2.05, 4.69) is 19.2 Å². The van der Waals surface area contributed by atoms with E-state index in [9.17, 15) is 9.59 Å². The molecule has 0 aliphatic carbocycles. The monoisotopic (exact) mass is 264 g/mol. The van der Waals surface area contributed by atoms with Gasteiger partial charge in [0.05, 0.1) is 0 Å². The van der Waals surface area contributed by atoms with Crippen LogP contribution in [0.1, 0.15) is 50.9 Å². The van der Waals surface area contributed by atoms with E-state index < -0.39 is 0 Å². The summed E-state index contributed by atoms with van der Waals surface area (Å²) in [6.07, 6.45) is 5.40. The van der Waals surface area contributed by atoms with Crippen molar-refractivity contribution in [1.29, 1.82) is 0 Å². The van der Waals surface area contributed by atoms with Gasteiger partial charge in [0.25, 0.3) is 0 Å². The molecule has 0 spiro atoms. The van der Waals surface area contributed by atoms with Crippen molar-refractivity contribution in [3.05, 3.63) is 24.0 Å². The van der Waals surface area contributed by atoms with Gasteiger partial charge in [-0.05, 0) is 18.9 Å². The molecule has 0 unspecified atom stereocenters. The van der Waals surface area contributed by atoms with Crippen LogP contribution in [0.2, 0.25) is 0 Å².